The molecule has 0 spiro atoms. The number of esters is 1. The molecule has 3 unspecified atom stereocenters. The molecule has 0 heterocycles. The third-order valence-electron chi connectivity index (χ3n) is 13.0. The van der Waals surface area contributed by atoms with E-state index in [9.17, 15) is 19.8 Å². The third kappa shape index (κ3) is 51.2. The Bertz CT molecular complexity index is 1310. The minimum atomic E-state index is -0.809. The number of amides is 1. The van der Waals surface area contributed by atoms with Crippen molar-refractivity contribution >= 4 is 11.9 Å². The van der Waals surface area contributed by atoms with Crippen LogP contribution >= 0.6 is 0 Å². The van der Waals surface area contributed by atoms with Gasteiger partial charge in [-0.15, -0.1) is 0 Å². The van der Waals surface area contributed by atoms with E-state index in [1.807, 2.05) is 0 Å². The Morgan fingerprint density at radius 1 is 0.435 bits per heavy atom. The first-order valence-electron chi connectivity index (χ1n) is 29.3. The highest BCUT2D eigenvalue weighted by Gasteiger charge is 2.24. The van der Waals surface area contributed by atoms with Crippen molar-refractivity contribution in [3.05, 3.63) is 85.1 Å². The average Bonchev–Trinajstić information content (AvgIpc) is 3.34. The number of hydrogen-bond acceptors (Lipinski definition) is 5. The molecule has 0 radical (unpaired) electrons. The van der Waals surface area contributed by atoms with Gasteiger partial charge in [-0.2, -0.15) is 0 Å². The molecule has 0 saturated heterocycles. The highest BCUT2D eigenvalue weighted by atomic mass is 16.5. The van der Waals surface area contributed by atoms with Crippen LogP contribution in [0.4, 0.5) is 0 Å². The van der Waals surface area contributed by atoms with E-state index >= 15 is 0 Å². The molecule has 3 atom stereocenters. The van der Waals surface area contributed by atoms with Crippen LogP contribution in [0.2, 0.25) is 0 Å². The zero-order valence-corrected chi connectivity index (χ0v) is 45.4. The molecule has 0 aliphatic rings. The van der Waals surface area contributed by atoms with E-state index in [4.69, 9.17) is 4.74 Å². The lowest BCUT2D eigenvalue weighted by atomic mass is 10.0. The van der Waals surface area contributed by atoms with E-state index in [2.05, 4.69) is 111 Å². The molecule has 6 heteroatoms. The zero-order chi connectivity index (χ0) is 50.2. The van der Waals surface area contributed by atoms with Gasteiger partial charge in [0.05, 0.1) is 25.2 Å². The second kappa shape index (κ2) is 56.0. The summed E-state index contributed by atoms with van der Waals surface area (Å²) in [5.74, 6) is -0.537. The molecule has 0 aromatic carbocycles. The van der Waals surface area contributed by atoms with Crippen molar-refractivity contribution in [2.45, 2.75) is 296 Å². The molecule has 0 fully saturated rings. The molecule has 3 N–H and O–H groups in total. The number of hydrogen-bond donors (Lipinski definition) is 3. The Hall–Kier alpha value is -2.96. The van der Waals surface area contributed by atoms with Gasteiger partial charge < -0.3 is 20.3 Å². The molecular formula is C63H111NO5. The summed E-state index contributed by atoms with van der Waals surface area (Å²) >= 11 is 0. The maximum absolute atomic E-state index is 13.3. The predicted molar refractivity (Wildman–Crippen MR) is 301 cm³/mol. The minimum absolute atomic E-state index is 0.0324. The van der Waals surface area contributed by atoms with Crippen LogP contribution in [0.5, 0.6) is 0 Å². The summed E-state index contributed by atoms with van der Waals surface area (Å²) < 4.78 is 5.93. The van der Waals surface area contributed by atoms with Crippen molar-refractivity contribution < 1.29 is 24.5 Å². The second-order valence-electron chi connectivity index (χ2n) is 19.7. The molecule has 0 aromatic heterocycles. The van der Waals surface area contributed by atoms with Crippen molar-refractivity contribution in [1.82, 2.24) is 5.32 Å². The van der Waals surface area contributed by atoms with Crippen LogP contribution in [0.1, 0.15) is 278 Å². The van der Waals surface area contributed by atoms with Crippen LogP contribution in [0.3, 0.4) is 0 Å². The van der Waals surface area contributed by atoms with Crippen LogP contribution < -0.4 is 5.32 Å². The van der Waals surface area contributed by atoms with Gasteiger partial charge in [-0.25, -0.2) is 0 Å². The van der Waals surface area contributed by atoms with E-state index in [-0.39, 0.29) is 24.9 Å². The first-order valence-corrected chi connectivity index (χ1v) is 29.3. The predicted octanol–water partition coefficient (Wildman–Crippen LogP) is 18.3. The van der Waals surface area contributed by atoms with Crippen LogP contribution in [-0.2, 0) is 14.3 Å². The molecule has 0 aromatic rings. The fourth-order valence-electron chi connectivity index (χ4n) is 8.55. The van der Waals surface area contributed by atoms with E-state index in [1.165, 1.54) is 135 Å². The number of unbranched alkanes of at least 4 members (excludes halogenated alkanes) is 26. The van der Waals surface area contributed by atoms with E-state index in [0.29, 0.717) is 19.3 Å². The van der Waals surface area contributed by atoms with Gasteiger partial charge in [0.25, 0.3) is 0 Å². The number of aliphatic hydroxyl groups excluding tert-OH is 2. The first kappa shape index (κ1) is 66.0. The van der Waals surface area contributed by atoms with E-state index < -0.39 is 18.2 Å². The summed E-state index contributed by atoms with van der Waals surface area (Å²) in [4.78, 5) is 26.3. The number of rotatable bonds is 52. The van der Waals surface area contributed by atoms with Gasteiger partial charge in [-0.3, -0.25) is 9.59 Å². The van der Waals surface area contributed by atoms with Crippen molar-refractivity contribution in [3.8, 4) is 0 Å². The van der Waals surface area contributed by atoms with Gasteiger partial charge >= 0.3 is 5.97 Å². The van der Waals surface area contributed by atoms with Gasteiger partial charge in [0.1, 0.15) is 6.10 Å². The summed E-state index contributed by atoms with van der Waals surface area (Å²) in [6.07, 6.45) is 73.6. The second-order valence-corrected chi connectivity index (χ2v) is 19.7. The monoisotopic (exact) mass is 962 g/mol. The highest BCUT2D eigenvalue weighted by molar-refractivity contribution is 5.77. The molecular weight excluding hydrogens is 851 g/mol. The number of allylic oxidation sites excluding steroid dienone is 14. The zero-order valence-electron chi connectivity index (χ0n) is 45.4. The van der Waals surface area contributed by atoms with Gasteiger partial charge in [-0.05, 0) is 96.3 Å². The van der Waals surface area contributed by atoms with Gasteiger partial charge in [0.15, 0.2) is 0 Å². The minimum Gasteiger partial charge on any atom is -0.462 e. The van der Waals surface area contributed by atoms with E-state index in [0.717, 1.165) is 96.3 Å². The van der Waals surface area contributed by atoms with Crippen LogP contribution in [-0.4, -0.2) is 46.9 Å². The average molecular weight is 963 g/mol. The summed E-state index contributed by atoms with van der Waals surface area (Å²) in [7, 11) is 0. The number of nitrogens with one attached hydrogen (secondary N) is 1. The number of aliphatic hydroxyl groups is 2. The van der Waals surface area contributed by atoms with Gasteiger partial charge in [0, 0.05) is 6.42 Å². The lowest BCUT2D eigenvalue weighted by Crippen LogP contribution is -2.46. The maximum Gasteiger partial charge on any atom is 0.306 e. The Morgan fingerprint density at radius 3 is 1.25 bits per heavy atom. The molecule has 0 aliphatic carbocycles. The fourth-order valence-corrected chi connectivity index (χ4v) is 8.55. The largest absolute Gasteiger partial charge is 0.462 e. The lowest BCUT2D eigenvalue weighted by Gasteiger charge is -2.24. The van der Waals surface area contributed by atoms with E-state index in [1.54, 1.807) is 0 Å². The molecule has 6 nitrogen and oxygen atoms in total. The summed E-state index contributed by atoms with van der Waals surface area (Å²) in [5.41, 5.74) is 0. The Balaban J connectivity index is 4.67. The van der Waals surface area contributed by atoms with Crippen LogP contribution in [0, 0.1) is 0 Å². The number of carbonyl (C=O) groups is 2. The molecule has 69 heavy (non-hydrogen) atoms. The normalized spacial score (nSPS) is 13.8. The molecule has 0 rings (SSSR count). The molecule has 0 aliphatic heterocycles. The van der Waals surface area contributed by atoms with Crippen LogP contribution in [0.25, 0.3) is 0 Å². The SMILES string of the molecule is CC/C=C\C/C=C\C/C=C\C/C=C\C/C=C\CCCC(CC(=O)NC(CO)C(O)CCCCCCCCCCCCCCCCCC)OC(=O)CCCCCCCCC/C=C\C/C=C\CCCCC. The van der Waals surface area contributed by atoms with Crippen molar-refractivity contribution in [2.24, 2.45) is 0 Å². The Labute approximate surface area is 427 Å². The standard InChI is InChI=1S/C63H111NO5/c1-4-7-10-13-16-19-22-25-28-31-33-36-39-42-45-48-51-54-59(69-63(68)56-53-50-47-44-41-38-35-32-29-26-23-20-17-14-11-8-5-2)57-62(67)64-60(58-65)61(66)55-52-49-46-43-40-37-34-30-27-24-21-18-15-12-9-6-3/h7,10,16-17,19-20,25-26,28-29,33,36,42,45,59-61,65-66H,4-6,8-9,11-15,18,21-24,27,30-32,34-35,37-41,43-44,46-58H2,1-3H3,(H,64,67)/b10-7-,19-16-,20-17-,28-25-,29-26-,36-33-,45-42-. The number of carbonyl (C=O) groups excluding carboxylic acids is 2. The first-order chi connectivity index (χ1) is 34.0. The van der Waals surface area contributed by atoms with Crippen molar-refractivity contribution in [1.29, 1.82) is 0 Å². The fraction of sp³-hybridized carbons (Fsp3) is 0.746. The van der Waals surface area contributed by atoms with Crippen molar-refractivity contribution in [2.75, 3.05) is 6.61 Å². The van der Waals surface area contributed by atoms with Crippen molar-refractivity contribution in [3.63, 3.8) is 0 Å². The quantitative estimate of drug-likeness (QED) is 0.0321. The van der Waals surface area contributed by atoms with Gasteiger partial charge in [0.2, 0.25) is 5.91 Å². The Kier molecular flexibility index (Phi) is 53.6. The Morgan fingerprint density at radius 2 is 0.797 bits per heavy atom. The molecule has 0 saturated carbocycles. The highest BCUT2D eigenvalue weighted by Crippen LogP contribution is 2.17. The summed E-state index contributed by atoms with van der Waals surface area (Å²) in [6.45, 7) is 6.35. The smallest absolute Gasteiger partial charge is 0.306 e. The third-order valence-corrected chi connectivity index (χ3v) is 13.0. The van der Waals surface area contributed by atoms with Crippen LogP contribution in [0.15, 0.2) is 85.1 Å². The van der Waals surface area contributed by atoms with Gasteiger partial charge in [-0.1, -0.05) is 254 Å². The lowest BCUT2D eigenvalue weighted by molar-refractivity contribution is -0.151. The number of ether oxygens (including phenoxy) is 1. The molecule has 0 bridgehead atoms. The summed E-state index contributed by atoms with van der Waals surface area (Å²) in [6, 6.07) is -0.727. The summed E-state index contributed by atoms with van der Waals surface area (Å²) in [5, 5.41) is 23.9. The topological polar surface area (TPSA) is 95.9 Å². The molecule has 1 amide bonds. The molecule has 398 valence electrons. The maximum atomic E-state index is 13.3.